The Kier molecular flexibility index (Phi) is 1.95. The van der Waals surface area contributed by atoms with E-state index >= 15 is 0 Å². The molecule has 6 heteroatoms. The maximum absolute atomic E-state index is 10.0. The molecule has 1 aliphatic heterocycles. The summed E-state index contributed by atoms with van der Waals surface area (Å²) in [5, 5.41) is 21.2. The molecule has 0 radical (unpaired) electrons. The first kappa shape index (κ1) is 9.39. The Balaban J connectivity index is 2.05. The van der Waals surface area contributed by atoms with Gasteiger partial charge in [-0.05, 0) is 16.3 Å². The Bertz CT molecular complexity index is 328. The molecule has 0 unspecified atom stereocenters. The van der Waals surface area contributed by atoms with Crippen LogP contribution in [0.5, 0.6) is 0 Å². The highest BCUT2D eigenvalue weighted by Gasteiger charge is 2.45. The lowest BCUT2D eigenvalue weighted by Crippen LogP contribution is -2.65. The van der Waals surface area contributed by atoms with Crippen molar-refractivity contribution in [2.24, 2.45) is 13.0 Å². The lowest BCUT2D eigenvalue weighted by atomic mass is 9.83. The van der Waals surface area contributed by atoms with Gasteiger partial charge in [0.25, 0.3) is 0 Å². The van der Waals surface area contributed by atoms with Crippen molar-refractivity contribution in [3.8, 4) is 0 Å². The summed E-state index contributed by atoms with van der Waals surface area (Å²) in [4.78, 5) is 1.97. The van der Waals surface area contributed by atoms with Crippen molar-refractivity contribution >= 4 is 5.95 Å². The van der Waals surface area contributed by atoms with Crippen molar-refractivity contribution < 1.29 is 5.11 Å². The molecule has 1 aliphatic rings. The maximum Gasteiger partial charge on any atom is 0.245 e. The predicted molar refractivity (Wildman–Crippen MR) is 50.8 cm³/mol. The third kappa shape index (κ3) is 1.26. The average Bonchev–Trinajstić information content (AvgIpc) is 2.45. The van der Waals surface area contributed by atoms with E-state index in [9.17, 15) is 5.11 Å². The fourth-order valence-corrected chi connectivity index (χ4v) is 1.61. The summed E-state index contributed by atoms with van der Waals surface area (Å²) in [7, 11) is 1.79. The van der Waals surface area contributed by atoms with Crippen molar-refractivity contribution in [2.45, 2.75) is 19.4 Å². The van der Waals surface area contributed by atoms with Gasteiger partial charge in [-0.3, -0.25) is 0 Å². The lowest BCUT2D eigenvalue weighted by molar-refractivity contribution is -0.0311. The van der Waals surface area contributed by atoms with Gasteiger partial charge in [-0.15, -0.1) is 0 Å². The number of anilines is 1. The van der Waals surface area contributed by atoms with Gasteiger partial charge in [0.1, 0.15) is 5.60 Å². The van der Waals surface area contributed by atoms with E-state index in [1.807, 2.05) is 18.7 Å². The second kappa shape index (κ2) is 2.91. The molecule has 78 valence electrons. The fourth-order valence-electron chi connectivity index (χ4n) is 1.61. The molecule has 0 spiro atoms. The van der Waals surface area contributed by atoms with Gasteiger partial charge in [-0.2, -0.15) is 0 Å². The zero-order valence-electron chi connectivity index (χ0n) is 8.67. The van der Waals surface area contributed by atoms with Crippen LogP contribution in [0, 0.1) is 5.92 Å². The second-order valence-electron chi connectivity index (χ2n) is 4.22. The Morgan fingerprint density at radius 2 is 2.07 bits per heavy atom. The SMILES string of the molecule is CC(C)C1(O)CN(c2nnnn2C)C1. The molecule has 0 atom stereocenters. The first-order chi connectivity index (χ1) is 6.53. The zero-order chi connectivity index (χ0) is 10.3. The predicted octanol–water partition coefficient (Wildman–Crippen LogP) is -0.583. The Morgan fingerprint density at radius 3 is 2.50 bits per heavy atom. The average molecular weight is 197 g/mol. The van der Waals surface area contributed by atoms with Gasteiger partial charge in [0.2, 0.25) is 5.95 Å². The molecule has 2 rings (SSSR count). The third-order valence-electron chi connectivity index (χ3n) is 2.88. The standard InChI is InChI=1S/C8H15N5O/c1-6(2)8(14)4-13(5-8)7-9-10-11-12(7)3/h6,14H,4-5H2,1-3H3. The highest BCUT2D eigenvalue weighted by Crippen LogP contribution is 2.30. The molecule has 6 nitrogen and oxygen atoms in total. The summed E-state index contributed by atoms with van der Waals surface area (Å²) in [5.74, 6) is 0.982. The maximum atomic E-state index is 10.0. The van der Waals surface area contributed by atoms with Crippen molar-refractivity contribution in [2.75, 3.05) is 18.0 Å². The van der Waals surface area contributed by atoms with Crippen molar-refractivity contribution in [3.63, 3.8) is 0 Å². The van der Waals surface area contributed by atoms with Crippen LogP contribution in [0.3, 0.4) is 0 Å². The van der Waals surface area contributed by atoms with Gasteiger partial charge in [0.15, 0.2) is 0 Å². The van der Waals surface area contributed by atoms with Crippen LogP contribution in [0.15, 0.2) is 0 Å². The summed E-state index contributed by atoms with van der Waals surface area (Å²) in [6.07, 6.45) is 0. The van der Waals surface area contributed by atoms with Gasteiger partial charge in [-0.1, -0.05) is 18.9 Å². The molecule has 0 bridgehead atoms. The van der Waals surface area contributed by atoms with Gasteiger partial charge in [-0.25, -0.2) is 4.68 Å². The van der Waals surface area contributed by atoms with E-state index in [2.05, 4.69) is 15.5 Å². The van der Waals surface area contributed by atoms with Crippen molar-refractivity contribution in [3.05, 3.63) is 0 Å². The normalized spacial score (nSPS) is 19.9. The van der Waals surface area contributed by atoms with E-state index in [4.69, 9.17) is 0 Å². The molecule has 1 aromatic heterocycles. The summed E-state index contributed by atoms with van der Waals surface area (Å²) < 4.78 is 1.61. The van der Waals surface area contributed by atoms with E-state index in [-0.39, 0.29) is 5.92 Å². The third-order valence-corrected chi connectivity index (χ3v) is 2.88. The highest BCUT2D eigenvalue weighted by atomic mass is 16.3. The zero-order valence-corrected chi connectivity index (χ0v) is 8.67. The number of tetrazole rings is 1. The van der Waals surface area contributed by atoms with Gasteiger partial charge in [0.05, 0.1) is 13.1 Å². The molecule has 0 aliphatic carbocycles. The van der Waals surface area contributed by atoms with E-state index in [1.165, 1.54) is 0 Å². The molecule has 14 heavy (non-hydrogen) atoms. The van der Waals surface area contributed by atoms with Crippen LogP contribution in [0.2, 0.25) is 0 Å². The fraction of sp³-hybridized carbons (Fsp3) is 0.875. The largest absolute Gasteiger partial charge is 0.386 e. The van der Waals surface area contributed by atoms with E-state index in [0.29, 0.717) is 13.1 Å². The van der Waals surface area contributed by atoms with Gasteiger partial charge < -0.3 is 10.0 Å². The molecular weight excluding hydrogens is 182 g/mol. The van der Waals surface area contributed by atoms with Crippen LogP contribution in [0.4, 0.5) is 5.95 Å². The summed E-state index contributed by atoms with van der Waals surface area (Å²) in [6, 6.07) is 0. The molecule has 0 saturated carbocycles. The minimum absolute atomic E-state index is 0.264. The van der Waals surface area contributed by atoms with Gasteiger partial charge >= 0.3 is 0 Å². The van der Waals surface area contributed by atoms with Crippen molar-refractivity contribution in [1.82, 2.24) is 20.2 Å². The molecular formula is C8H15N5O. The smallest absolute Gasteiger partial charge is 0.245 e. The quantitative estimate of drug-likeness (QED) is 0.687. The van der Waals surface area contributed by atoms with E-state index in [0.717, 1.165) is 5.95 Å². The molecule has 2 heterocycles. The summed E-state index contributed by atoms with van der Waals surface area (Å²) >= 11 is 0. The number of hydrogen-bond acceptors (Lipinski definition) is 5. The van der Waals surface area contributed by atoms with Crippen molar-refractivity contribution in [1.29, 1.82) is 0 Å². The Labute approximate surface area is 82.5 Å². The number of rotatable bonds is 2. The number of aromatic nitrogens is 4. The minimum atomic E-state index is -0.577. The monoisotopic (exact) mass is 197 g/mol. The topological polar surface area (TPSA) is 67.1 Å². The number of β-amino-alcohol motifs (C(OH)–C–C–N with tert-alkyl or cyclic N) is 1. The van der Waals surface area contributed by atoms with Crippen LogP contribution in [0.1, 0.15) is 13.8 Å². The van der Waals surface area contributed by atoms with E-state index < -0.39 is 5.60 Å². The first-order valence-corrected chi connectivity index (χ1v) is 4.72. The first-order valence-electron chi connectivity index (χ1n) is 4.72. The molecule has 1 fully saturated rings. The van der Waals surface area contributed by atoms with Crippen LogP contribution in [0.25, 0.3) is 0 Å². The van der Waals surface area contributed by atoms with E-state index in [1.54, 1.807) is 11.7 Å². The van der Waals surface area contributed by atoms with Crippen LogP contribution < -0.4 is 4.90 Å². The molecule has 1 N–H and O–H groups in total. The van der Waals surface area contributed by atoms with Crippen LogP contribution >= 0.6 is 0 Å². The number of aliphatic hydroxyl groups is 1. The Morgan fingerprint density at radius 1 is 1.43 bits per heavy atom. The Hall–Kier alpha value is -1.17. The number of hydrogen-bond donors (Lipinski definition) is 1. The second-order valence-corrected chi connectivity index (χ2v) is 4.22. The van der Waals surface area contributed by atoms with Gasteiger partial charge in [0, 0.05) is 7.05 Å². The summed E-state index contributed by atoms with van der Waals surface area (Å²) in [5.41, 5.74) is -0.577. The summed E-state index contributed by atoms with van der Waals surface area (Å²) in [6.45, 7) is 5.26. The van der Waals surface area contributed by atoms with Crippen LogP contribution in [-0.4, -0.2) is 44.0 Å². The number of aryl methyl sites for hydroxylation is 1. The molecule has 1 saturated heterocycles. The molecule has 0 aromatic carbocycles. The minimum Gasteiger partial charge on any atom is -0.386 e. The highest BCUT2D eigenvalue weighted by molar-refractivity contribution is 5.36. The number of nitrogens with zero attached hydrogens (tertiary/aromatic N) is 5. The van der Waals surface area contributed by atoms with Crippen LogP contribution in [-0.2, 0) is 7.05 Å². The lowest BCUT2D eigenvalue weighted by Gasteiger charge is -2.48. The molecule has 0 amide bonds. The molecule has 1 aromatic rings.